The number of hydrogen-bond donors (Lipinski definition) is 2. The third kappa shape index (κ3) is 3.89. The van der Waals surface area contributed by atoms with Gasteiger partial charge in [0.05, 0.1) is 34.0 Å². The molecule has 2 aromatic heterocycles. The average Bonchev–Trinajstić information content (AvgIpc) is 3.00. The predicted octanol–water partition coefficient (Wildman–Crippen LogP) is 0.0577. The van der Waals surface area contributed by atoms with Crippen molar-refractivity contribution in [3.8, 4) is 17.4 Å². The maximum Gasteiger partial charge on any atom is 0.245 e. The summed E-state index contributed by atoms with van der Waals surface area (Å²) in [4.78, 5) is 8.26. The zero-order valence-corrected chi connectivity index (χ0v) is 14.0. The van der Waals surface area contributed by atoms with Gasteiger partial charge in [0.2, 0.25) is 17.7 Å². The highest BCUT2D eigenvalue weighted by molar-refractivity contribution is 5.54. The molecule has 0 spiro atoms. The lowest BCUT2D eigenvalue weighted by atomic mass is 10.3. The summed E-state index contributed by atoms with van der Waals surface area (Å²) in [6.45, 7) is 3.26. The van der Waals surface area contributed by atoms with Gasteiger partial charge in [0, 0.05) is 13.0 Å². The fourth-order valence-electron chi connectivity index (χ4n) is 2.15. The molecule has 0 atom stereocenters. The van der Waals surface area contributed by atoms with Crippen molar-refractivity contribution in [2.24, 2.45) is 0 Å². The van der Waals surface area contributed by atoms with Gasteiger partial charge in [0.1, 0.15) is 12.2 Å². The van der Waals surface area contributed by atoms with Crippen LogP contribution in [0.15, 0.2) is 6.33 Å². The van der Waals surface area contributed by atoms with Crippen LogP contribution < -0.4 is 14.8 Å². The van der Waals surface area contributed by atoms with Gasteiger partial charge in [0.25, 0.3) is 0 Å². The van der Waals surface area contributed by atoms with Gasteiger partial charge in [-0.05, 0) is 6.92 Å². The van der Waals surface area contributed by atoms with E-state index in [0.717, 1.165) is 0 Å². The van der Waals surface area contributed by atoms with Gasteiger partial charge < -0.3 is 24.6 Å². The molecule has 0 aliphatic carbocycles. The Balaban J connectivity index is 2.45. The number of nitrogens with one attached hydrogen (secondary N) is 1. The predicted molar refractivity (Wildman–Crippen MR) is 85.8 cm³/mol. The summed E-state index contributed by atoms with van der Waals surface area (Å²) in [6.07, 6.45) is 1.85. The number of anilines is 1. The number of methoxy groups -OCH3 is 2. The summed E-state index contributed by atoms with van der Waals surface area (Å²) in [6, 6.07) is 0. The molecule has 0 fully saturated rings. The Labute approximate surface area is 139 Å². The Morgan fingerprint density at radius 3 is 2.42 bits per heavy atom. The first-order valence-corrected chi connectivity index (χ1v) is 7.56. The molecule has 24 heavy (non-hydrogen) atoms. The molecule has 2 heterocycles. The van der Waals surface area contributed by atoms with Crippen molar-refractivity contribution in [2.45, 2.75) is 13.3 Å². The highest BCUT2D eigenvalue weighted by atomic mass is 16.5. The molecule has 0 aliphatic heterocycles. The maximum absolute atomic E-state index is 8.79. The van der Waals surface area contributed by atoms with Gasteiger partial charge >= 0.3 is 0 Å². The number of aromatic nitrogens is 5. The topological polar surface area (TPSA) is 116 Å². The Morgan fingerprint density at radius 2 is 1.83 bits per heavy atom. The van der Waals surface area contributed by atoms with Crippen LogP contribution in [0.2, 0.25) is 0 Å². The van der Waals surface area contributed by atoms with Gasteiger partial charge in [-0.1, -0.05) is 0 Å². The van der Waals surface area contributed by atoms with Crippen LogP contribution in [-0.4, -0.2) is 70.4 Å². The van der Waals surface area contributed by atoms with Gasteiger partial charge in [0.15, 0.2) is 5.69 Å². The molecule has 0 unspecified atom stereocenters. The fraction of sp³-hybridized carbons (Fsp3) is 0.571. The number of ether oxygens (including phenoxy) is 3. The zero-order valence-electron chi connectivity index (χ0n) is 14.0. The van der Waals surface area contributed by atoms with E-state index in [0.29, 0.717) is 48.8 Å². The second-order valence-electron chi connectivity index (χ2n) is 4.63. The summed E-state index contributed by atoms with van der Waals surface area (Å²) < 4.78 is 17.8. The van der Waals surface area contributed by atoms with E-state index in [4.69, 9.17) is 19.3 Å². The van der Waals surface area contributed by atoms with Crippen LogP contribution in [0.5, 0.6) is 11.8 Å². The molecule has 10 nitrogen and oxygen atoms in total. The van der Waals surface area contributed by atoms with Crippen LogP contribution >= 0.6 is 0 Å². The summed E-state index contributed by atoms with van der Waals surface area (Å²) in [7, 11) is 3.04. The van der Waals surface area contributed by atoms with E-state index in [2.05, 4.69) is 25.5 Å². The molecule has 2 aromatic rings. The smallest absolute Gasteiger partial charge is 0.245 e. The Morgan fingerprint density at radius 1 is 1.12 bits per heavy atom. The van der Waals surface area contributed by atoms with E-state index in [-0.39, 0.29) is 13.2 Å². The lowest BCUT2D eigenvalue weighted by Gasteiger charge is -2.15. The summed E-state index contributed by atoms with van der Waals surface area (Å²) in [5.74, 6) is 1.85. The summed E-state index contributed by atoms with van der Waals surface area (Å²) in [5, 5.41) is 20.3. The van der Waals surface area contributed by atoms with E-state index >= 15 is 0 Å². The Bertz CT molecular complexity index is 626. The van der Waals surface area contributed by atoms with Crippen molar-refractivity contribution in [2.75, 3.05) is 45.9 Å². The monoisotopic (exact) mass is 338 g/mol. The highest BCUT2D eigenvalue weighted by Crippen LogP contribution is 2.31. The number of aliphatic hydroxyl groups excluding tert-OH is 1. The number of aliphatic hydroxyl groups is 1. The average molecular weight is 338 g/mol. The van der Waals surface area contributed by atoms with Crippen molar-refractivity contribution >= 4 is 5.95 Å². The number of nitrogens with zero attached hydrogens (tertiary/aromatic N) is 5. The first kappa shape index (κ1) is 17.9. The van der Waals surface area contributed by atoms with Crippen LogP contribution in [0.4, 0.5) is 5.95 Å². The number of hydrogen-bond acceptors (Lipinski definition) is 9. The molecule has 2 rings (SSSR count). The standard InChI is InChI=1S/C14H22N6O4/c1-4-15-14-19-18-10(5-7-24-8-6-21)20(14)11-12(22-2)16-9-17-13(11)23-3/h9,21H,4-8H2,1-3H3,(H,15,19). The summed E-state index contributed by atoms with van der Waals surface area (Å²) in [5.41, 5.74) is 0.514. The minimum atomic E-state index is -0.0243. The largest absolute Gasteiger partial charge is 0.479 e. The third-order valence-electron chi connectivity index (χ3n) is 3.14. The Hall–Kier alpha value is -2.46. The minimum Gasteiger partial charge on any atom is -0.479 e. The Kier molecular flexibility index (Phi) is 6.70. The quantitative estimate of drug-likeness (QED) is 0.580. The molecular weight excluding hydrogens is 316 g/mol. The second-order valence-corrected chi connectivity index (χ2v) is 4.63. The molecule has 0 aliphatic rings. The van der Waals surface area contributed by atoms with Crippen LogP contribution in [0.25, 0.3) is 5.69 Å². The number of rotatable bonds is 10. The molecule has 10 heteroatoms. The molecule has 0 bridgehead atoms. The van der Waals surface area contributed by atoms with Crippen LogP contribution in [0, 0.1) is 0 Å². The second kappa shape index (κ2) is 8.99. The van der Waals surface area contributed by atoms with Crippen molar-refractivity contribution in [1.82, 2.24) is 24.7 Å². The van der Waals surface area contributed by atoms with Crippen molar-refractivity contribution in [1.29, 1.82) is 0 Å². The fourth-order valence-corrected chi connectivity index (χ4v) is 2.15. The SMILES string of the molecule is CCNc1nnc(CCOCCO)n1-c1c(OC)ncnc1OC. The van der Waals surface area contributed by atoms with E-state index in [1.807, 2.05) is 6.92 Å². The molecule has 0 aromatic carbocycles. The van der Waals surface area contributed by atoms with Crippen LogP contribution in [0.1, 0.15) is 12.7 Å². The van der Waals surface area contributed by atoms with Gasteiger partial charge in [-0.3, -0.25) is 4.57 Å². The first-order chi connectivity index (χ1) is 11.8. The van der Waals surface area contributed by atoms with Crippen LogP contribution in [-0.2, 0) is 11.2 Å². The lowest BCUT2D eigenvalue weighted by molar-refractivity contribution is 0.0934. The van der Waals surface area contributed by atoms with Crippen molar-refractivity contribution in [3.05, 3.63) is 12.2 Å². The lowest BCUT2D eigenvalue weighted by Crippen LogP contribution is -2.13. The van der Waals surface area contributed by atoms with Crippen molar-refractivity contribution in [3.63, 3.8) is 0 Å². The van der Waals surface area contributed by atoms with Gasteiger partial charge in [-0.2, -0.15) is 9.97 Å². The van der Waals surface area contributed by atoms with E-state index in [9.17, 15) is 0 Å². The molecule has 0 amide bonds. The highest BCUT2D eigenvalue weighted by Gasteiger charge is 2.22. The van der Waals surface area contributed by atoms with Crippen LogP contribution in [0.3, 0.4) is 0 Å². The maximum atomic E-state index is 8.79. The van der Waals surface area contributed by atoms with E-state index in [1.54, 1.807) is 4.57 Å². The zero-order chi connectivity index (χ0) is 17.4. The molecule has 132 valence electrons. The molecular formula is C14H22N6O4. The van der Waals surface area contributed by atoms with Gasteiger partial charge in [-0.15, -0.1) is 10.2 Å². The summed E-state index contributed by atoms with van der Waals surface area (Å²) >= 11 is 0. The van der Waals surface area contributed by atoms with Crippen molar-refractivity contribution < 1.29 is 19.3 Å². The van der Waals surface area contributed by atoms with E-state index < -0.39 is 0 Å². The molecule has 0 saturated carbocycles. The first-order valence-electron chi connectivity index (χ1n) is 7.56. The normalized spacial score (nSPS) is 10.7. The minimum absolute atomic E-state index is 0.0243. The molecule has 0 saturated heterocycles. The molecule has 2 N–H and O–H groups in total. The van der Waals surface area contributed by atoms with Gasteiger partial charge in [-0.25, -0.2) is 0 Å². The van der Waals surface area contributed by atoms with E-state index in [1.165, 1.54) is 20.5 Å². The molecule has 0 radical (unpaired) electrons. The third-order valence-corrected chi connectivity index (χ3v) is 3.14.